The number of hydrogen-bond acceptors (Lipinski definition) is 5. The molecule has 0 aliphatic rings. The molecule has 3 rings (SSSR count). The Balaban J connectivity index is 2.18. The van der Waals surface area contributed by atoms with Crippen molar-refractivity contribution >= 4 is 11.8 Å². The van der Waals surface area contributed by atoms with Crippen LogP contribution in [0.15, 0.2) is 60.7 Å². The van der Waals surface area contributed by atoms with Gasteiger partial charge in [0.25, 0.3) is 0 Å². The summed E-state index contributed by atoms with van der Waals surface area (Å²) in [5.41, 5.74) is 3.56. The molecule has 0 saturated carbocycles. The molecule has 3 aromatic rings. The van der Waals surface area contributed by atoms with E-state index in [1.165, 1.54) is 0 Å². The van der Waals surface area contributed by atoms with Crippen LogP contribution >= 0.6 is 0 Å². The summed E-state index contributed by atoms with van der Waals surface area (Å²) in [7, 11) is 0. The number of nitrogens with one attached hydrogen (secondary N) is 1. The predicted octanol–water partition coefficient (Wildman–Crippen LogP) is 5.28. The lowest BCUT2D eigenvalue weighted by Gasteiger charge is -2.20. The number of hydrogen-bond donors (Lipinski definition) is 1. The summed E-state index contributed by atoms with van der Waals surface area (Å²) in [5, 5.41) is 13.3. The van der Waals surface area contributed by atoms with Crippen LogP contribution in [-0.2, 0) is 4.74 Å². The molecule has 0 bridgehead atoms. The van der Waals surface area contributed by atoms with Gasteiger partial charge in [-0.3, -0.25) is 0 Å². The number of nitrogens with zero attached hydrogens (tertiary/aromatic N) is 2. The van der Waals surface area contributed by atoms with E-state index < -0.39 is 5.97 Å². The number of pyridine rings is 1. The van der Waals surface area contributed by atoms with Crippen LogP contribution < -0.4 is 5.32 Å². The normalized spacial score (nSPS) is 11.4. The summed E-state index contributed by atoms with van der Waals surface area (Å²) < 4.78 is 5.25. The lowest BCUT2D eigenvalue weighted by Crippen LogP contribution is -2.15. The van der Waals surface area contributed by atoms with E-state index >= 15 is 0 Å². The monoisotopic (exact) mass is 385 g/mol. The Bertz CT molecular complexity index is 1040. The third kappa shape index (κ3) is 4.27. The molecule has 0 fully saturated rings. The van der Waals surface area contributed by atoms with Crippen LogP contribution in [-0.4, -0.2) is 17.6 Å². The maximum Gasteiger partial charge on any atom is 0.340 e. The average Bonchev–Trinajstić information content (AvgIpc) is 2.74. The van der Waals surface area contributed by atoms with Gasteiger partial charge in [0.2, 0.25) is 0 Å². The fourth-order valence-corrected chi connectivity index (χ4v) is 3.29. The van der Waals surface area contributed by atoms with Crippen molar-refractivity contribution < 1.29 is 9.53 Å². The number of aryl methyl sites for hydroxylation is 1. The van der Waals surface area contributed by atoms with Crippen LogP contribution in [0.3, 0.4) is 0 Å². The van der Waals surface area contributed by atoms with Gasteiger partial charge in [-0.15, -0.1) is 0 Å². The van der Waals surface area contributed by atoms with Crippen molar-refractivity contribution in [3.63, 3.8) is 0 Å². The summed E-state index contributed by atoms with van der Waals surface area (Å²) in [6, 6.07) is 21.5. The molecule has 29 heavy (non-hydrogen) atoms. The molecule has 5 heteroatoms. The lowest BCUT2D eigenvalue weighted by atomic mass is 9.94. The first kappa shape index (κ1) is 20.1. The van der Waals surface area contributed by atoms with Gasteiger partial charge in [0, 0.05) is 11.6 Å². The molecule has 1 aromatic heterocycles. The Kier molecular flexibility index (Phi) is 6.25. The molecule has 0 amide bonds. The number of carbonyl (C=O) groups is 1. The van der Waals surface area contributed by atoms with Gasteiger partial charge in [-0.1, -0.05) is 60.7 Å². The number of anilines is 1. The fraction of sp³-hybridized carbons (Fsp3) is 0.208. The zero-order valence-electron chi connectivity index (χ0n) is 16.8. The summed E-state index contributed by atoms with van der Waals surface area (Å²) in [4.78, 5) is 17.3. The van der Waals surface area contributed by atoms with Gasteiger partial charge in [-0.25, -0.2) is 9.78 Å². The molecule has 0 radical (unpaired) electrons. The highest BCUT2D eigenvalue weighted by atomic mass is 16.5. The Morgan fingerprint density at radius 1 is 1.14 bits per heavy atom. The maximum absolute atomic E-state index is 12.7. The third-order valence-corrected chi connectivity index (χ3v) is 4.68. The standard InChI is InChI=1S/C24H23N3O2/c1-4-29-24(28)21-17(3)27-23(26-16(2)18-11-7-5-8-12-18)20(15-25)22(21)19-13-9-6-10-14-19/h5-14,16H,4H2,1-3H3,(H,26,27)/t16-/m0/s1. The molecule has 0 aliphatic carbocycles. The number of aromatic nitrogens is 1. The molecule has 1 atom stereocenters. The van der Waals surface area contributed by atoms with E-state index in [0.29, 0.717) is 28.2 Å². The summed E-state index contributed by atoms with van der Waals surface area (Å²) in [6.45, 7) is 5.78. The number of nitriles is 1. The van der Waals surface area contributed by atoms with Crippen molar-refractivity contribution in [2.45, 2.75) is 26.8 Å². The first-order valence-corrected chi connectivity index (χ1v) is 9.55. The number of ether oxygens (including phenoxy) is 1. The minimum atomic E-state index is -0.476. The number of benzene rings is 2. The number of carbonyl (C=O) groups excluding carboxylic acids is 1. The highest BCUT2D eigenvalue weighted by Crippen LogP contribution is 2.34. The topological polar surface area (TPSA) is 75.0 Å². The molecule has 5 nitrogen and oxygen atoms in total. The molecule has 0 saturated heterocycles. The first-order chi connectivity index (χ1) is 14.1. The average molecular weight is 385 g/mol. The second-order valence-electron chi connectivity index (χ2n) is 6.65. The molecular weight excluding hydrogens is 362 g/mol. The highest BCUT2D eigenvalue weighted by molar-refractivity contribution is 6.01. The fourth-order valence-electron chi connectivity index (χ4n) is 3.29. The Hall–Kier alpha value is -3.65. The van der Waals surface area contributed by atoms with Crippen LogP contribution in [0.2, 0.25) is 0 Å². The largest absolute Gasteiger partial charge is 0.462 e. The van der Waals surface area contributed by atoms with E-state index in [4.69, 9.17) is 4.74 Å². The first-order valence-electron chi connectivity index (χ1n) is 9.55. The third-order valence-electron chi connectivity index (χ3n) is 4.68. The molecule has 1 N–H and O–H groups in total. The van der Waals surface area contributed by atoms with Gasteiger partial charge < -0.3 is 10.1 Å². The second kappa shape index (κ2) is 9.03. The van der Waals surface area contributed by atoms with Crippen LogP contribution in [0.25, 0.3) is 11.1 Å². The minimum Gasteiger partial charge on any atom is -0.462 e. The van der Waals surface area contributed by atoms with Crippen LogP contribution in [0.1, 0.15) is 47.1 Å². The molecule has 0 spiro atoms. The van der Waals surface area contributed by atoms with E-state index in [1.54, 1.807) is 13.8 Å². The van der Waals surface area contributed by atoms with Gasteiger partial charge in [0.1, 0.15) is 17.5 Å². The SMILES string of the molecule is CCOC(=O)c1c(C)nc(N[C@@H](C)c2ccccc2)c(C#N)c1-c1ccccc1. The van der Waals surface area contributed by atoms with E-state index in [1.807, 2.05) is 67.6 Å². The van der Waals surface area contributed by atoms with E-state index in [9.17, 15) is 10.1 Å². The maximum atomic E-state index is 12.7. The number of esters is 1. The summed E-state index contributed by atoms with van der Waals surface area (Å²) in [5.74, 6) is -0.0243. The number of rotatable bonds is 6. The Labute approximate surface area is 171 Å². The molecule has 1 heterocycles. The van der Waals surface area contributed by atoms with Gasteiger partial charge in [0.05, 0.1) is 17.9 Å². The van der Waals surface area contributed by atoms with E-state index in [0.717, 1.165) is 11.1 Å². The molecular formula is C24H23N3O2. The molecule has 146 valence electrons. The van der Waals surface area contributed by atoms with Crippen molar-refractivity contribution in [1.82, 2.24) is 4.98 Å². The summed E-state index contributed by atoms with van der Waals surface area (Å²) in [6.07, 6.45) is 0. The van der Waals surface area contributed by atoms with Crippen molar-refractivity contribution in [2.75, 3.05) is 11.9 Å². The highest BCUT2D eigenvalue weighted by Gasteiger charge is 2.25. The minimum absolute atomic E-state index is 0.0627. The predicted molar refractivity (Wildman–Crippen MR) is 114 cm³/mol. The Morgan fingerprint density at radius 2 is 1.76 bits per heavy atom. The smallest absolute Gasteiger partial charge is 0.340 e. The molecule has 0 aliphatic heterocycles. The van der Waals surface area contributed by atoms with Crippen molar-refractivity contribution in [1.29, 1.82) is 5.26 Å². The van der Waals surface area contributed by atoms with Crippen molar-refractivity contribution in [3.8, 4) is 17.2 Å². The second-order valence-corrected chi connectivity index (χ2v) is 6.65. The molecule has 0 unspecified atom stereocenters. The quantitative estimate of drug-likeness (QED) is 0.584. The van der Waals surface area contributed by atoms with Gasteiger partial charge in [0.15, 0.2) is 0 Å². The van der Waals surface area contributed by atoms with Gasteiger partial charge in [-0.05, 0) is 31.9 Å². The zero-order valence-corrected chi connectivity index (χ0v) is 16.8. The van der Waals surface area contributed by atoms with Crippen LogP contribution in [0.5, 0.6) is 0 Å². The van der Waals surface area contributed by atoms with Crippen molar-refractivity contribution in [2.24, 2.45) is 0 Å². The van der Waals surface area contributed by atoms with Gasteiger partial charge in [-0.2, -0.15) is 5.26 Å². The zero-order chi connectivity index (χ0) is 20.8. The Morgan fingerprint density at radius 3 is 2.34 bits per heavy atom. The van der Waals surface area contributed by atoms with Crippen molar-refractivity contribution in [3.05, 3.63) is 83.0 Å². The summed E-state index contributed by atoms with van der Waals surface area (Å²) >= 11 is 0. The van der Waals surface area contributed by atoms with Crippen LogP contribution in [0, 0.1) is 18.3 Å². The van der Waals surface area contributed by atoms with Gasteiger partial charge >= 0.3 is 5.97 Å². The molecule has 2 aromatic carbocycles. The van der Waals surface area contributed by atoms with E-state index in [2.05, 4.69) is 16.4 Å². The van der Waals surface area contributed by atoms with Crippen LogP contribution in [0.4, 0.5) is 5.82 Å². The lowest BCUT2D eigenvalue weighted by molar-refractivity contribution is 0.0526. The van der Waals surface area contributed by atoms with E-state index in [-0.39, 0.29) is 12.6 Å².